The molecule has 1 N–H and O–H groups in total. The Kier molecular flexibility index (Phi) is 8.26. The largest absolute Gasteiger partial charge is 0.493 e. The van der Waals surface area contributed by atoms with Crippen LogP contribution in [0.5, 0.6) is 11.5 Å². The number of nitrogens with one attached hydrogen (secondary N) is 1. The van der Waals surface area contributed by atoms with E-state index in [1.807, 2.05) is 32.0 Å². The summed E-state index contributed by atoms with van der Waals surface area (Å²) in [6.45, 7) is 6.28. The molecule has 1 aromatic carbocycles. The van der Waals surface area contributed by atoms with Gasteiger partial charge in [-0.1, -0.05) is 6.07 Å². The number of ether oxygens (including phenoxy) is 4. The number of methoxy groups -OCH3 is 2. The summed E-state index contributed by atoms with van der Waals surface area (Å²) in [4.78, 5) is 24.5. The van der Waals surface area contributed by atoms with E-state index in [1.54, 1.807) is 21.1 Å². The highest BCUT2D eigenvalue weighted by Gasteiger charge is 2.41. The van der Waals surface area contributed by atoms with Crippen molar-refractivity contribution in [3.63, 3.8) is 0 Å². The molecular formula is C21H31NO6. The Hall–Kier alpha value is -2.12. The van der Waals surface area contributed by atoms with Crippen molar-refractivity contribution in [3.05, 3.63) is 23.8 Å². The molecular weight excluding hydrogens is 362 g/mol. The average Bonchev–Trinajstić information content (AvgIpc) is 3.10. The molecule has 3 atom stereocenters. The highest BCUT2D eigenvalue weighted by atomic mass is 16.5. The van der Waals surface area contributed by atoms with Crippen molar-refractivity contribution in [2.75, 3.05) is 27.4 Å². The van der Waals surface area contributed by atoms with E-state index < -0.39 is 6.04 Å². The molecule has 0 bridgehead atoms. The Morgan fingerprint density at radius 1 is 1.18 bits per heavy atom. The first-order valence-corrected chi connectivity index (χ1v) is 9.64. The van der Waals surface area contributed by atoms with Gasteiger partial charge in [-0.25, -0.2) is 0 Å². The van der Waals surface area contributed by atoms with Crippen molar-refractivity contribution < 1.29 is 28.5 Å². The van der Waals surface area contributed by atoms with Gasteiger partial charge in [0.2, 0.25) is 0 Å². The summed E-state index contributed by atoms with van der Waals surface area (Å²) in [7, 11) is 3.23. The van der Waals surface area contributed by atoms with Gasteiger partial charge in [-0.05, 0) is 44.9 Å². The lowest BCUT2D eigenvalue weighted by atomic mass is 9.90. The molecule has 7 nitrogen and oxygen atoms in total. The molecule has 7 heteroatoms. The quantitative estimate of drug-likeness (QED) is 0.483. The molecule has 156 valence electrons. The molecule has 1 aliphatic heterocycles. The van der Waals surface area contributed by atoms with E-state index in [2.05, 4.69) is 5.32 Å². The smallest absolute Gasteiger partial charge is 0.323 e. The number of Topliss-reactive ketones (excluding diaryl/α,β-unsaturated/α-hetero) is 1. The predicted octanol–water partition coefficient (Wildman–Crippen LogP) is 2.67. The Morgan fingerprint density at radius 2 is 1.93 bits per heavy atom. The first-order chi connectivity index (χ1) is 13.4. The molecule has 1 aromatic rings. The molecule has 0 aliphatic carbocycles. The summed E-state index contributed by atoms with van der Waals surface area (Å²) in [6, 6.07) is 4.79. The molecule has 1 aliphatic rings. The first kappa shape index (κ1) is 22.2. The highest BCUT2D eigenvalue weighted by molar-refractivity contribution is 5.83. The van der Waals surface area contributed by atoms with Crippen molar-refractivity contribution in [2.24, 2.45) is 5.92 Å². The van der Waals surface area contributed by atoms with Crippen LogP contribution < -0.4 is 14.8 Å². The fraction of sp³-hybridized carbons (Fsp3) is 0.619. The molecule has 0 spiro atoms. The number of hydrogen-bond donors (Lipinski definition) is 1. The van der Waals surface area contributed by atoms with Gasteiger partial charge in [-0.2, -0.15) is 0 Å². The second-order valence-corrected chi connectivity index (χ2v) is 7.24. The van der Waals surface area contributed by atoms with E-state index in [9.17, 15) is 9.59 Å². The van der Waals surface area contributed by atoms with E-state index in [1.165, 1.54) is 0 Å². The van der Waals surface area contributed by atoms with Gasteiger partial charge in [-0.3, -0.25) is 14.9 Å². The molecule has 0 amide bonds. The van der Waals surface area contributed by atoms with Gasteiger partial charge in [-0.15, -0.1) is 0 Å². The summed E-state index contributed by atoms with van der Waals surface area (Å²) in [5, 5.41) is 3.27. The molecule has 0 radical (unpaired) electrons. The van der Waals surface area contributed by atoms with Crippen LogP contribution >= 0.6 is 0 Å². The lowest BCUT2D eigenvalue weighted by molar-refractivity contribution is -0.149. The van der Waals surface area contributed by atoms with E-state index in [0.29, 0.717) is 31.1 Å². The van der Waals surface area contributed by atoms with E-state index >= 15 is 0 Å². The Morgan fingerprint density at radius 3 is 2.54 bits per heavy atom. The monoisotopic (exact) mass is 393 g/mol. The van der Waals surface area contributed by atoms with Crippen LogP contribution in [0.25, 0.3) is 0 Å². The number of benzene rings is 1. The minimum Gasteiger partial charge on any atom is -0.493 e. The Labute approximate surface area is 166 Å². The summed E-state index contributed by atoms with van der Waals surface area (Å²) < 4.78 is 21.6. The maximum absolute atomic E-state index is 12.3. The SMILES string of the molecule is COCCCOc1cc(C2NC(C(=O)OC(C)C)CC2C(C)=O)ccc1OC. The predicted molar refractivity (Wildman–Crippen MR) is 105 cm³/mol. The zero-order valence-corrected chi connectivity index (χ0v) is 17.3. The molecule has 3 unspecified atom stereocenters. The maximum Gasteiger partial charge on any atom is 0.323 e. The van der Waals surface area contributed by atoms with Gasteiger partial charge in [0.05, 0.1) is 19.8 Å². The van der Waals surface area contributed by atoms with Crippen LogP contribution in [0.4, 0.5) is 0 Å². The molecule has 1 saturated heterocycles. The van der Waals surface area contributed by atoms with Gasteiger partial charge in [0.15, 0.2) is 11.5 Å². The third kappa shape index (κ3) is 5.69. The Bertz CT molecular complexity index is 675. The van der Waals surface area contributed by atoms with Gasteiger partial charge in [0.25, 0.3) is 0 Å². The number of hydrogen-bond acceptors (Lipinski definition) is 7. The van der Waals surface area contributed by atoms with Gasteiger partial charge >= 0.3 is 5.97 Å². The zero-order valence-electron chi connectivity index (χ0n) is 17.3. The number of rotatable bonds is 10. The molecule has 0 saturated carbocycles. The van der Waals surface area contributed by atoms with Crippen LogP contribution in [0.1, 0.15) is 45.2 Å². The third-order valence-electron chi connectivity index (χ3n) is 4.73. The molecule has 1 fully saturated rings. The van der Waals surface area contributed by atoms with Crippen molar-refractivity contribution in [2.45, 2.75) is 51.8 Å². The number of carbonyl (C=O) groups excluding carboxylic acids is 2. The van der Waals surface area contributed by atoms with Crippen LogP contribution in [0.3, 0.4) is 0 Å². The van der Waals surface area contributed by atoms with Gasteiger partial charge in [0, 0.05) is 32.1 Å². The Balaban J connectivity index is 2.20. The lowest BCUT2D eigenvalue weighted by Gasteiger charge is -2.20. The molecule has 2 rings (SSSR count). The summed E-state index contributed by atoms with van der Waals surface area (Å²) in [5.74, 6) is 0.631. The van der Waals surface area contributed by atoms with Crippen LogP contribution in [-0.2, 0) is 19.1 Å². The number of carbonyl (C=O) groups is 2. The van der Waals surface area contributed by atoms with Crippen LogP contribution in [-0.4, -0.2) is 51.3 Å². The summed E-state index contributed by atoms with van der Waals surface area (Å²) in [5.41, 5.74) is 0.877. The van der Waals surface area contributed by atoms with Crippen molar-refractivity contribution in [1.29, 1.82) is 0 Å². The molecule has 1 heterocycles. The second-order valence-electron chi connectivity index (χ2n) is 7.24. The topological polar surface area (TPSA) is 83.1 Å². The van der Waals surface area contributed by atoms with Crippen molar-refractivity contribution in [1.82, 2.24) is 5.32 Å². The highest BCUT2D eigenvalue weighted by Crippen LogP contribution is 2.38. The van der Waals surface area contributed by atoms with Crippen LogP contribution in [0.15, 0.2) is 18.2 Å². The number of esters is 1. The zero-order chi connectivity index (χ0) is 20.7. The summed E-state index contributed by atoms with van der Waals surface area (Å²) in [6.07, 6.45) is 0.976. The third-order valence-corrected chi connectivity index (χ3v) is 4.73. The van der Waals surface area contributed by atoms with E-state index in [4.69, 9.17) is 18.9 Å². The first-order valence-electron chi connectivity index (χ1n) is 9.64. The van der Waals surface area contributed by atoms with Crippen molar-refractivity contribution >= 4 is 11.8 Å². The van der Waals surface area contributed by atoms with Crippen LogP contribution in [0.2, 0.25) is 0 Å². The van der Waals surface area contributed by atoms with Crippen molar-refractivity contribution in [3.8, 4) is 11.5 Å². The summed E-state index contributed by atoms with van der Waals surface area (Å²) >= 11 is 0. The average molecular weight is 393 g/mol. The lowest BCUT2D eigenvalue weighted by Crippen LogP contribution is -2.35. The molecule has 28 heavy (non-hydrogen) atoms. The van der Waals surface area contributed by atoms with Crippen LogP contribution in [0, 0.1) is 5.92 Å². The second kappa shape index (κ2) is 10.4. The minimum absolute atomic E-state index is 0.0377. The fourth-order valence-corrected chi connectivity index (χ4v) is 3.38. The van der Waals surface area contributed by atoms with Gasteiger partial charge < -0.3 is 18.9 Å². The normalized spacial score (nSPS) is 21.6. The number of ketones is 1. The minimum atomic E-state index is -0.505. The van der Waals surface area contributed by atoms with Gasteiger partial charge in [0.1, 0.15) is 11.8 Å². The standard InChI is InChI=1S/C21H31NO6/c1-13(2)28-21(24)17-12-16(14(3)23)20(22-17)15-7-8-18(26-5)19(11-15)27-10-6-9-25-4/h7-8,11,13,16-17,20,22H,6,9-10,12H2,1-5H3. The van der Waals surface area contributed by atoms with E-state index in [-0.39, 0.29) is 29.8 Å². The van der Waals surface area contributed by atoms with E-state index in [0.717, 1.165) is 12.0 Å². The fourth-order valence-electron chi connectivity index (χ4n) is 3.38. The maximum atomic E-state index is 12.3. The molecule has 0 aromatic heterocycles.